The van der Waals surface area contributed by atoms with Gasteiger partial charge in [0.15, 0.2) is 5.82 Å². The lowest BCUT2D eigenvalue weighted by Crippen LogP contribution is -2.49. The summed E-state index contributed by atoms with van der Waals surface area (Å²) < 4.78 is 0.972. The Bertz CT molecular complexity index is 1040. The minimum atomic E-state index is 0.0773. The van der Waals surface area contributed by atoms with Crippen LogP contribution in [0.4, 0.5) is 5.82 Å². The number of benzene rings is 2. The van der Waals surface area contributed by atoms with Gasteiger partial charge in [-0.2, -0.15) is 0 Å². The maximum atomic E-state index is 12.8. The van der Waals surface area contributed by atoms with Crippen molar-refractivity contribution in [1.29, 1.82) is 0 Å². The van der Waals surface area contributed by atoms with E-state index in [-0.39, 0.29) is 5.91 Å². The lowest BCUT2D eigenvalue weighted by atomic mass is 10.1. The van der Waals surface area contributed by atoms with E-state index in [0.29, 0.717) is 41.9 Å². The fourth-order valence-electron chi connectivity index (χ4n) is 3.28. The Morgan fingerprint density at radius 1 is 0.931 bits per heavy atom. The molecule has 2 heterocycles. The third-order valence-corrected chi connectivity index (χ3v) is 6.34. The summed E-state index contributed by atoms with van der Waals surface area (Å²) >= 11 is 14.4. The maximum Gasteiger partial charge on any atom is 0.255 e. The Hall–Kier alpha value is -1.90. The largest absolute Gasteiger partial charge is 0.352 e. The molecule has 0 radical (unpaired) electrons. The van der Waals surface area contributed by atoms with E-state index >= 15 is 0 Å². The van der Waals surface area contributed by atoms with E-state index in [4.69, 9.17) is 23.2 Å². The Labute approximate surface area is 192 Å². The van der Waals surface area contributed by atoms with Gasteiger partial charge in [0.05, 0.1) is 16.3 Å². The third-order valence-electron chi connectivity index (χ3n) is 4.85. The molecule has 5 nitrogen and oxygen atoms in total. The first kappa shape index (κ1) is 20.4. The molecule has 0 aliphatic carbocycles. The monoisotopic (exact) mass is 538 g/mol. The van der Waals surface area contributed by atoms with E-state index in [2.05, 4.69) is 37.7 Å². The SMILES string of the molecule is O=C(c1ccccc1I)N1CCN(c2ccc(-c3ccc(Cl)cc3Cl)nn2)CC1. The molecule has 1 aliphatic heterocycles. The molecule has 0 bridgehead atoms. The molecule has 1 aliphatic rings. The molecule has 0 saturated carbocycles. The van der Waals surface area contributed by atoms with Gasteiger partial charge < -0.3 is 9.80 Å². The summed E-state index contributed by atoms with van der Waals surface area (Å²) in [5.41, 5.74) is 2.25. The van der Waals surface area contributed by atoms with Gasteiger partial charge in [0.2, 0.25) is 0 Å². The maximum absolute atomic E-state index is 12.8. The van der Waals surface area contributed by atoms with Crippen LogP contribution in [-0.4, -0.2) is 47.2 Å². The van der Waals surface area contributed by atoms with Gasteiger partial charge in [-0.1, -0.05) is 35.3 Å². The molecule has 1 aromatic heterocycles. The normalized spacial score (nSPS) is 14.2. The average molecular weight is 539 g/mol. The minimum absolute atomic E-state index is 0.0773. The van der Waals surface area contributed by atoms with Crippen LogP contribution < -0.4 is 4.90 Å². The number of halogens is 3. The topological polar surface area (TPSA) is 49.3 Å². The molecule has 0 N–H and O–H groups in total. The Balaban J connectivity index is 1.42. The number of aromatic nitrogens is 2. The number of amides is 1. The lowest BCUT2D eigenvalue weighted by Gasteiger charge is -2.35. The van der Waals surface area contributed by atoms with E-state index in [1.54, 1.807) is 12.1 Å². The van der Waals surface area contributed by atoms with Gasteiger partial charge in [-0.25, -0.2) is 0 Å². The van der Waals surface area contributed by atoms with Crippen molar-refractivity contribution in [3.05, 3.63) is 73.8 Å². The van der Waals surface area contributed by atoms with E-state index in [9.17, 15) is 4.79 Å². The number of rotatable bonds is 3. The predicted molar refractivity (Wildman–Crippen MR) is 125 cm³/mol. The van der Waals surface area contributed by atoms with Crippen molar-refractivity contribution in [3.8, 4) is 11.3 Å². The molecule has 2 aromatic carbocycles. The number of carbonyl (C=O) groups is 1. The van der Waals surface area contributed by atoms with E-state index < -0.39 is 0 Å². The highest BCUT2D eigenvalue weighted by molar-refractivity contribution is 14.1. The molecule has 0 spiro atoms. The molecule has 4 rings (SSSR count). The van der Waals surface area contributed by atoms with Crippen LogP contribution in [-0.2, 0) is 0 Å². The standard InChI is InChI=1S/C21H17Cl2IN4O/c22-14-5-6-15(17(23)13-14)19-7-8-20(26-25-19)27-9-11-28(12-10-27)21(29)16-3-1-2-4-18(16)24/h1-8,13H,9-12H2. The molecule has 148 valence electrons. The fraction of sp³-hybridized carbons (Fsp3) is 0.190. The number of hydrogen-bond acceptors (Lipinski definition) is 4. The van der Waals surface area contributed by atoms with Crippen molar-refractivity contribution < 1.29 is 4.79 Å². The molecule has 29 heavy (non-hydrogen) atoms. The first-order valence-electron chi connectivity index (χ1n) is 9.11. The van der Waals surface area contributed by atoms with Gasteiger partial charge >= 0.3 is 0 Å². The van der Waals surface area contributed by atoms with Crippen molar-refractivity contribution in [2.24, 2.45) is 0 Å². The first-order chi connectivity index (χ1) is 14.0. The zero-order valence-corrected chi connectivity index (χ0v) is 19.0. The second-order valence-electron chi connectivity index (χ2n) is 6.66. The van der Waals surface area contributed by atoms with Crippen molar-refractivity contribution in [2.75, 3.05) is 31.1 Å². The highest BCUT2D eigenvalue weighted by Crippen LogP contribution is 2.29. The average Bonchev–Trinajstić information content (AvgIpc) is 2.74. The molecule has 3 aromatic rings. The van der Waals surface area contributed by atoms with E-state index in [1.807, 2.05) is 47.4 Å². The molecule has 1 amide bonds. The quantitative estimate of drug-likeness (QED) is 0.439. The smallest absolute Gasteiger partial charge is 0.255 e. The van der Waals surface area contributed by atoms with E-state index in [1.165, 1.54) is 0 Å². The van der Waals surface area contributed by atoms with Crippen LogP contribution in [0.15, 0.2) is 54.6 Å². The van der Waals surface area contributed by atoms with Crippen LogP contribution in [0, 0.1) is 3.57 Å². The van der Waals surface area contributed by atoms with Crippen molar-refractivity contribution >= 4 is 57.5 Å². The van der Waals surface area contributed by atoms with Crippen LogP contribution in [0.1, 0.15) is 10.4 Å². The highest BCUT2D eigenvalue weighted by atomic mass is 127. The number of piperazine rings is 1. The zero-order valence-electron chi connectivity index (χ0n) is 15.4. The Morgan fingerprint density at radius 2 is 1.69 bits per heavy atom. The van der Waals surface area contributed by atoms with Gasteiger partial charge in [0, 0.05) is 40.3 Å². The van der Waals surface area contributed by atoms with Crippen LogP contribution in [0.3, 0.4) is 0 Å². The molecule has 1 fully saturated rings. The summed E-state index contributed by atoms with van der Waals surface area (Å²) in [6.45, 7) is 2.72. The lowest BCUT2D eigenvalue weighted by molar-refractivity contribution is 0.0745. The summed E-state index contributed by atoms with van der Waals surface area (Å²) in [5.74, 6) is 0.869. The van der Waals surface area contributed by atoms with Crippen molar-refractivity contribution in [1.82, 2.24) is 15.1 Å². The third kappa shape index (κ3) is 4.49. The van der Waals surface area contributed by atoms with Crippen molar-refractivity contribution in [2.45, 2.75) is 0 Å². The van der Waals surface area contributed by atoms with Crippen LogP contribution >= 0.6 is 45.8 Å². The predicted octanol–water partition coefficient (Wildman–Crippen LogP) is 5.02. The number of carbonyl (C=O) groups excluding carboxylic acids is 1. The van der Waals surface area contributed by atoms with Crippen molar-refractivity contribution in [3.63, 3.8) is 0 Å². The van der Waals surface area contributed by atoms with Gasteiger partial charge in [-0.15, -0.1) is 10.2 Å². The van der Waals surface area contributed by atoms with Gasteiger partial charge in [-0.3, -0.25) is 4.79 Å². The number of nitrogens with zero attached hydrogens (tertiary/aromatic N) is 4. The summed E-state index contributed by atoms with van der Waals surface area (Å²) in [7, 11) is 0. The molecule has 0 atom stereocenters. The second-order valence-corrected chi connectivity index (χ2v) is 8.67. The molecule has 1 saturated heterocycles. The number of hydrogen-bond donors (Lipinski definition) is 0. The fourth-order valence-corrected chi connectivity index (χ4v) is 4.40. The van der Waals surface area contributed by atoms with Gasteiger partial charge in [-0.05, 0) is 65.1 Å². The first-order valence-corrected chi connectivity index (χ1v) is 10.9. The van der Waals surface area contributed by atoms with Crippen LogP contribution in [0.2, 0.25) is 10.0 Å². The zero-order chi connectivity index (χ0) is 20.4. The number of anilines is 1. The van der Waals surface area contributed by atoms with Crippen LogP contribution in [0.5, 0.6) is 0 Å². The molecular weight excluding hydrogens is 522 g/mol. The minimum Gasteiger partial charge on any atom is -0.352 e. The Morgan fingerprint density at radius 3 is 2.34 bits per heavy atom. The molecular formula is C21H17Cl2IN4O. The van der Waals surface area contributed by atoms with E-state index in [0.717, 1.165) is 20.5 Å². The van der Waals surface area contributed by atoms with Gasteiger partial charge in [0.25, 0.3) is 5.91 Å². The summed E-state index contributed by atoms with van der Waals surface area (Å²) in [6.07, 6.45) is 0. The summed E-state index contributed by atoms with van der Waals surface area (Å²) in [4.78, 5) is 16.8. The van der Waals surface area contributed by atoms with Gasteiger partial charge in [0.1, 0.15) is 0 Å². The summed E-state index contributed by atoms with van der Waals surface area (Å²) in [5, 5.41) is 9.82. The highest BCUT2D eigenvalue weighted by Gasteiger charge is 2.24. The second kappa shape index (κ2) is 8.85. The van der Waals surface area contributed by atoms with Crippen LogP contribution in [0.25, 0.3) is 11.3 Å². The Kier molecular flexibility index (Phi) is 6.22. The molecule has 0 unspecified atom stereocenters. The summed E-state index contributed by atoms with van der Waals surface area (Å²) in [6, 6.07) is 16.8. The molecule has 8 heteroatoms.